The van der Waals surface area contributed by atoms with Crippen molar-refractivity contribution in [3.63, 3.8) is 0 Å². The van der Waals surface area contributed by atoms with Gasteiger partial charge in [-0.15, -0.1) is 0 Å². The summed E-state index contributed by atoms with van der Waals surface area (Å²) < 4.78 is 4.61. The van der Waals surface area contributed by atoms with Crippen LogP contribution in [-0.4, -0.2) is 37.2 Å². The molecule has 0 saturated heterocycles. The van der Waals surface area contributed by atoms with Gasteiger partial charge in [-0.2, -0.15) is 5.10 Å². The van der Waals surface area contributed by atoms with Crippen molar-refractivity contribution in [3.8, 4) is 0 Å². The minimum atomic E-state index is -0.824. The van der Waals surface area contributed by atoms with Crippen molar-refractivity contribution in [2.24, 2.45) is 5.10 Å². The van der Waals surface area contributed by atoms with E-state index >= 15 is 0 Å². The molecule has 2 saturated carbocycles. The second kappa shape index (κ2) is 19.6. The predicted molar refractivity (Wildman–Crippen MR) is 201 cm³/mol. The minimum absolute atomic E-state index is 0. The Bertz CT molecular complexity index is 1510. The summed E-state index contributed by atoms with van der Waals surface area (Å²) >= 11 is 2.22. The molecule has 0 bridgehead atoms. The second-order valence-corrected chi connectivity index (χ2v) is 15.7. The van der Waals surface area contributed by atoms with Crippen LogP contribution in [0.15, 0.2) is 108 Å². The molecule has 1 aliphatic heterocycles. The fraction of sp³-hybridized carbons (Fsp3) is 0.400. The summed E-state index contributed by atoms with van der Waals surface area (Å²) in [6.45, 7) is 4.25. The largest absolute Gasteiger partial charge is 0.253 e. The Labute approximate surface area is 299 Å². The molecule has 4 nitrogen and oxygen atoms in total. The maximum Gasteiger partial charge on any atom is 0.253 e. The first-order valence-corrected chi connectivity index (χ1v) is 20.9. The second-order valence-electron chi connectivity index (χ2n) is 12.6. The number of rotatable bonds is 7. The molecule has 4 aromatic rings. The fourth-order valence-electron chi connectivity index (χ4n) is 7.50. The van der Waals surface area contributed by atoms with Crippen LogP contribution >= 0.6 is 17.5 Å². The van der Waals surface area contributed by atoms with E-state index in [1.807, 2.05) is 0 Å². The summed E-state index contributed by atoms with van der Waals surface area (Å²) in [6, 6.07) is 34.6. The number of nitrogens with zero attached hydrogens (tertiary/aromatic N) is 4. The van der Waals surface area contributed by atoms with Crippen LogP contribution in [0.3, 0.4) is 0 Å². The normalized spacial score (nSPS) is 18.4. The number of hydrogen-bond donors (Lipinski definition) is 0. The number of benzene rings is 3. The van der Waals surface area contributed by atoms with E-state index in [0.717, 1.165) is 28.3 Å². The Morgan fingerprint density at radius 3 is 1.68 bits per heavy atom. The van der Waals surface area contributed by atoms with Gasteiger partial charge in [0.25, 0.3) is 5.71 Å². The van der Waals surface area contributed by atoms with Gasteiger partial charge in [0.1, 0.15) is 0 Å². The average Bonchev–Trinajstić information content (AvgIpc) is 3.77. The molecule has 3 aromatic carbocycles. The maximum absolute atomic E-state index is 5.41. The summed E-state index contributed by atoms with van der Waals surface area (Å²) in [6.07, 6.45) is 17.3. The zero-order valence-corrected chi connectivity index (χ0v) is 31.6. The zero-order valence-electron chi connectivity index (χ0n) is 28.3. The zero-order chi connectivity index (χ0) is 32.1. The Morgan fingerprint density at radius 1 is 0.702 bits per heavy atom. The Hall–Kier alpha value is -2.41. The third kappa shape index (κ3) is 8.99. The molecular formula is C40H52ClN4PPd+2. The van der Waals surface area contributed by atoms with E-state index in [1.165, 1.54) is 87.3 Å². The van der Waals surface area contributed by atoms with Gasteiger partial charge in [0.15, 0.2) is 17.2 Å². The third-order valence-electron chi connectivity index (χ3n) is 9.39. The fourth-order valence-corrected chi connectivity index (χ4v) is 11.8. The van der Waals surface area contributed by atoms with Gasteiger partial charge in [-0.25, -0.2) is 4.68 Å². The van der Waals surface area contributed by atoms with Crippen LogP contribution in [0.4, 0.5) is 5.69 Å². The molecule has 7 heteroatoms. The van der Waals surface area contributed by atoms with Gasteiger partial charge in [-0.1, -0.05) is 99.8 Å². The molecule has 1 aromatic heterocycles. The molecule has 2 aliphatic carbocycles. The molecule has 2 fully saturated rings. The molecule has 0 spiro atoms. The van der Waals surface area contributed by atoms with Gasteiger partial charge in [0.05, 0.1) is 25.4 Å². The number of para-hydroxylation sites is 1. The molecule has 3 aliphatic rings. The molecule has 0 amide bonds. The Morgan fingerprint density at radius 2 is 1.17 bits per heavy atom. The quantitative estimate of drug-likeness (QED) is 0.0799. The van der Waals surface area contributed by atoms with Gasteiger partial charge in [-0.05, 0) is 68.2 Å². The van der Waals surface area contributed by atoms with E-state index < -0.39 is 7.92 Å². The van der Waals surface area contributed by atoms with Crippen LogP contribution < -0.4 is 5.44 Å². The first kappa shape index (κ1) is 37.4. The van der Waals surface area contributed by atoms with E-state index in [4.69, 9.17) is 10.2 Å². The Balaban J connectivity index is 0.000000790. The molecule has 47 heavy (non-hydrogen) atoms. The summed E-state index contributed by atoms with van der Waals surface area (Å²) in [7, 11) is 3.67. The molecule has 0 N–H and O–H groups in total. The first-order chi connectivity index (χ1) is 22.8. The van der Waals surface area contributed by atoms with Crippen molar-refractivity contribution in [3.05, 3.63) is 122 Å². The van der Waals surface area contributed by atoms with Gasteiger partial charge in [0, 0.05) is 34.4 Å². The van der Waals surface area contributed by atoms with Crippen molar-refractivity contribution in [2.75, 3.05) is 0 Å². The van der Waals surface area contributed by atoms with Crippen molar-refractivity contribution >= 4 is 40.0 Å². The third-order valence-corrected chi connectivity index (χ3v) is 13.3. The van der Waals surface area contributed by atoms with E-state index in [1.54, 1.807) is 0 Å². The van der Waals surface area contributed by atoms with Crippen molar-refractivity contribution < 1.29 is 22.9 Å². The summed E-state index contributed by atoms with van der Waals surface area (Å²) in [5.41, 5.74) is 8.91. The van der Waals surface area contributed by atoms with Crippen LogP contribution in [0, 0.1) is 7.43 Å². The van der Waals surface area contributed by atoms with Gasteiger partial charge in [0.2, 0.25) is 5.69 Å². The molecule has 2 heterocycles. The number of hydrogen-bond acceptors (Lipinski definition) is 2. The number of halogens is 1. The summed E-state index contributed by atoms with van der Waals surface area (Å²) in [5, 5.41) is 10.6. The SMILES string of the molecule is CCC.[CH3-].[Cl][Pd+].c1ccc(C2=N[N+](c3ccccc3)=C(c3ccccc3)C2n2nccc2[PH+](C2CCCCC2)C2CCCCC2)cc1. The average molecular weight is 762 g/mol. The number of aromatic nitrogens is 2. The van der Waals surface area contributed by atoms with Gasteiger partial charge < -0.3 is 7.43 Å². The predicted octanol–water partition coefficient (Wildman–Crippen LogP) is 10.7. The maximum atomic E-state index is 5.41. The molecule has 1 atom stereocenters. The molecule has 1 unspecified atom stereocenters. The van der Waals surface area contributed by atoms with Gasteiger partial charge in [-0.3, -0.25) is 0 Å². The topological polar surface area (TPSA) is 33.2 Å². The molecule has 0 radical (unpaired) electrons. The van der Waals surface area contributed by atoms with E-state index in [0.29, 0.717) is 0 Å². The summed E-state index contributed by atoms with van der Waals surface area (Å²) in [5.74, 6) is 0. The van der Waals surface area contributed by atoms with Crippen LogP contribution in [0.1, 0.15) is 102 Å². The van der Waals surface area contributed by atoms with Crippen molar-refractivity contribution in [1.82, 2.24) is 9.78 Å². The smallest absolute Gasteiger partial charge is 0.214 e. The minimum Gasteiger partial charge on any atom is -0.214 e. The van der Waals surface area contributed by atoms with E-state index in [9.17, 15) is 0 Å². The first-order valence-electron chi connectivity index (χ1n) is 17.2. The standard InChI is InChI=1S/C36H40N4P.C3H8.CH3.ClH.Pd/c1-6-16-28(17-7-1)34-36(35(29-18-8-2-9-19-29)39(38-34)30-20-10-3-11-21-30)40-33(26-27-37-40)41(31-22-12-4-13-23-31)32-24-14-5-15-25-32;1-3-2;;;/h1-3,6-11,16-21,26-27,31-32,36H,4-5,12-15,22-25H2;3H2,1-2H3;1H3;1H;/q+1;;-1;;+2. The molecule has 7 rings (SSSR count). The Kier molecular flexibility index (Phi) is 15.6. The van der Waals surface area contributed by atoms with Crippen LogP contribution in [-0.2, 0) is 18.2 Å². The monoisotopic (exact) mass is 760 g/mol. The van der Waals surface area contributed by atoms with Crippen molar-refractivity contribution in [1.29, 1.82) is 0 Å². The van der Waals surface area contributed by atoms with E-state index in [-0.39, 0.29) is 13.5 Å². The molecule has 252 valence electrons. The van der Waals surface area contributed by atoms with Crippen LogP contribution in [0.25, 0.3) is 0 Å². The van der Waals surface area contributed by atoms with Crippen molar-refractivity contribution in [2.45, 2.75) is 102 Å². The van der Waals surface area contributed by atoms with Crippen LogP contribution in [0.2, 0.25) is 0 Å². The van der Waals surface area contributed by atoms with E-state index in [2.05, 4.69) is 154 Å². The van der Waals surface area contributed by atoms with Crippen LogP contribution in [0.5, 0.6) is 0 Å². The summed E-state index contributed by atoms with van der Waals surface area (Å²) in [4.78, 5) is 0. The van der Waals surface area contributed by atoms with Gasteiger partial charge >= 0.3 is 27.7 Å². The molecular weight excluding hydrogens is 709 g/mol. The number of hydrazone groups is 1.